The Kier molecular flexibility index (Phi) is 3.67. The molecule has 0 saturated carbocycles. The predicted molar refractivity (Wildman–Crippen MR) is 76.4 cm³/mol. The van der Waals surface area contributed by atoms with Crippen molar-refractivity contribution in [1.29, 1.82) is 0 Å². The Balaban J connectivity index is 2.33. The molecule has 0 aliphatic carbocycles. The highest BCUT2D eigenvalue weighted by molar-refractivity contribution is 5.82. The van der Waals surface area contributed by atoms with Crippen molar-refractivity contribution in [3.8, 4) is 0 Å². The first-order valence-corrected chi connectivity index (χ1v) is 6.21. The van der Waals surface area contributed by atoms with Crippen LogP contribution in [0.5, 0.6) is 0 Å². The summed E-state index contributed by atoms with van der Waals surface area (Å²) in [5.41, 5.74) is 7.21. The molecule has 1 aromatic carbocycles. The van der Waals surface area contributed by atoms with Gasteiger partial charge in [0, 0.05) is 19.3 Å². The Morgan fingerprint density at radius 3 is 2.56 bits per heavy atom. The quantitative estimate of drug-likeness (QED) is 0.884. The minimum absolute atomic E-state index is 0.115. The fraction of sp³-hybridized carbons (Fsp3) is 0.357. The summed E-state index contributed by atoms with van der Waals surface area (Å²) < 4.78 is 0. The lowest BCUT2D eigenvalue weighted by atomic mass is 10.2. The molecule has 0 radical (unpaired) electrons. The molecule has 0 aromatic heterocycles. The van der Waals surface area contributed by atoms with E-state index in [-0.39, 0.29) is 6.17 Å². The second-order valence-electron chi connectivity index (χ2n) is 4.37. The molecule has 4 nitrogen and oxygen atoms in total. The first kappa shape index (κ1) is 12.6. The number of hydrogen-bond donors (Lipinski definition) is 1. The van der Waals surface area contributed by atoms with Gasteiger partial charge in [-0.3, -0.25) is 0 Å². The Morgan fingerprint density at radius 2 is 2.00 bits per heavy atom. The number of nitrogens with zero attached hydrogens (tertiary/aromatic N) is 3. The van der Waals surface area contributed by atoms with Gasteiger partial charge in [0.15, 0.2) is 0 Å². The van der Waals surface area contributed by atoms with Gasteiger partial charge in [0.05, 0.1) is 0 Å². The fourth-order valence-corrected chi connectivity index (χ4v) is 2.00. The minimum atomic E-state index is -0.115. The molecular weight excluding hydrogens is 224 g/mol. The minimum Gasteiger partial charge on any atom is -0.344 e. The van der Waals surface area contributed by atoms with E-state index in [0.717, 1.165) is 23.9 Å². The number of hydrogen-bond acceptors (Lipinski definition) is 4. The van der Waals surface area contributed by atoms with Gasteiger partial charge in [0.1, 0.15) is 17.8 Å². The maximum Gasteiger partial charge on any atom is 0.134 e. The summed E-state index contributed by atoms with van der Waals surface area (Å²) in [5, 5.41) is 0. The van der Waals surface area contributed by atoms with E-state index in [1.165, 1.54) is 0 Å². The van der Waals surface area contributed by atoms with E-state index in [4.69, 9.17) is 5.73 Å². The molecule has 1 atom stereocenters. The monoisotopic (exact) mass is 244 g/mol. The van der Waals surface area contributed by atoms with Gasteiger partial charge in [-0.2, -0.15) is 0 Å². The molecule has 4 heteroatoms. The number of nitrogens with two attached hydrogens (primary N) is 1. The molecule has 0 bridgehead atoms. The van der Waals surface area contributed by atoms with Crippen LogP contribution in [0.2, 0.25) is 0 Å². The maximum absolute atomic E-state index is 6.07. The molecule has 0 fully saturated rings. The lowest BCUT2D eigenvalue weighted by Gasteiger charge is -2.32. The molecule has 1 aliphatic heterocycles. The largest absolute Gasteiger partial charge is 0.344 e. The SMILES string of the molecule is CCN(C1=CC(N)N(C)C(C)=N1)c1ccccc1. The third-order valence-electron chi connectivity index (χ3n) is 3.21. The van der Waals surface area contributed by atoms with Gasteiger partial charge < -0.3 is 15.5 Å². The van der Waals surface area contributed by atoms with Crippen LogP contribution in [0.1, 0.15) is 13.8 Å². The summed E-state index contributed by atoms with van der Waals surface area (Å²) in [4.78, 5) is 8.73. The number of amidine groups is 1. The van der Waals surface area contributed by atoms with Gasteiger partial charge >= 0.3 is 0 Å². The van der Waals surface area contributed by atoms with E-state index in [1.807, 2.05) is 43.1 Å². The highest BCUT2D eigenvalue weighted by Gasteiger charge is 2.19. The summed E-state index contributed by atoms with van der Waals surface area (Å²) in [7, 11) is 1.95. The molecule has 0 spiro atoms. The number of likely N-dealkylation sites (N-methyl/N-ethyl adjacent to an activating group) is 1. The van der Waals surface area contributed by atoms with Crippen LogP contribution in [0.25, 0.3) is 0 Å². The highest BCUT2D eigenvalue weighted by Crippen LogP contribution is 2.22. The Labute approximate surface area is 108 Å². The van der Waals surface area contributed by atoms with Crippen LogP contribution in [-0.4, -0.2) is 30.5 Å². The summed E-state index contributed by atoms with van der Waals surface area (Å²) in [5.74, 6) is 1.86. The average molecular weight is 244 g/mol. The second kappa shape index (κ2) is 5.23. The van der Waals surface area contributed by atoms with Crippen LogP contribution >= 0.6 is 0 Å². The topological polar surface area (TPSA) is 44.9 Å². The first-order chi connectivity index (χ1) is 8.63. The number of benzene rings is 1. The summed E-state index contributed by atoms with van der Waals surface area (Å²) in [6.45, 7) is 4.96. The van der Waals surface area contributed by atoms with E-state index in [0.29, 0.717) is 0 Å². The van der Waals surface area contributed by atoms with Gasteiger partial charge in [-0.25, -0.2) is 4.99 Å². The number of para-hydroxylation sites is 1. The third kappa shape index (κ3) is 2.38. The lowest BCUT2D eigenvalue weighted by Crippen LogP contribution is -2.44. The van der Waals surface area contributed by atoms with Crippen LogP contribution in [0.15, 0.2) is 47.2 Å². The van der Waals surface area contributed by atoms with Crippen molar-refractivity contribution >= 4 is 11.5 Å². The molecule has 96 valence electrons. The summed E-state index contributed by atoms with van der Waals surface area (Å²) in [6, 6.07) is 10.2. The fourth-order valence-electron chi connectivity index (χ4n) is 2.00. The summed E-state index contributed by atoms with van der Waals surface area (Å²) >= 11 is 0. The van der Waals surface area contributed by atoms with Gasteiger partial charge in [-0.05, 0) is 32.1 Å². The summed E-state index contributed by atoms with van der Waals surface area (Å²) in [6.07, 6.45) is 1.87. The Morgan fingerprint density at radius 1 is 1.33 bits per heavy atom. The van der Waals surface area contributed by atoms with Crippen LogP contribution in [0, 0.1) is 0 Å². The van der Waals surface area contributed by atoms with Crippen molar-refractivity contribution in [3.63, 3.8) is 0 Å². The Bertz CT molecular complexity index is 464. The number of anilines is 1. The Hall–Kier alpha value is -1.81. The molecule has 1 aliphatic rings. The molecule has 18 heavy (non-hydrogen) atoms. The van der Waals surface area contributed by atoms with Gasteiger partial charge in [0.2, 0.25) is 0 Å². The van der Waals surface area contributed by atoms with Crippen LogP contribution in [0.3, 0.4) is 0 Å². The molecule has 2 rings (SSSR count). The zero-order valence-corrected chi connectivity index (χ0v) is 11.2. The highest BCUT2D eigenvalue weighted by atomic mass is 15.3. The van der Waals surface area contributed by atoms with Crippen LogP contribution in [0.4, 0.5) is 5.69 Å². The van der Waals surface area contributed by atoms with Crippen molar-refractivity contribution in [1.82, 2.24) is 4.90 Å². The molecular formula is C14H20N4. The van der Waals surface area contributed by atoms with Crippen molar-refractivity contribution in [2.45, 2.75) is 20.0 Å². The predicted octanol–water partition coefficient (Wildman–Crippen LogP) is 2.00. The molecule has 2 N–H and O–H groups in total. The standard InChI is InChI=1S/C14H20N4/c1-4-18(12-8-6-5-7-9-12)14-10-13(15)17(3)11(2)16-14/h5-10,13H,4,15H2,1-3H3. The normalized spacial score (nSPS) is 19.3. The second-order valence-corrected chi connectivity index (χ2v) is 4.37. The van der Waals surface area contributed by atoms with Crippen molar-refractivity contribution < 1.29 is 0 Å². The smallest absolute Gasteiger partial charge is 0.134 e. The zero-order valence-electron chi connectivity index (χ0n) is 11.2. The van der Waals surface area contributed by atoms with Gasteiger partial charge in [-0.15, -0.1) is 0 Å². The van der Waals surface area contributed by atoms with Crippen molar-refractivity contribution in [2.75, 3.05) is 18.5 Å². The first-order valence-electron chi connectivity index (χ1n) is 6.21. The van der Waals surface area contributed by atoms with Crippen LogP contribution in [-0.2, 0) is 0 Å². The number of aliphatic imine (C=N–C) groups is 1. The third-order valence-corrected chi connectivity index (χ3v) is 3.21. The van der Waals surface area contributed by atoms with E-state index in [9.17, 15) is 0 Å². The van der Waals surface area contributed by atoms with Gasteiger partial charge in [0.25, 0.3) is 0 Å². The molecule has 1 unspecified atom stereocenters. The number of rotatable bonds is 3. The average Bonchev–Trinajstić information content (AvgIpc) is 2.38. The molecule has 0 saturated heterocycles. The van der Waals surface area contributed by atoms with Crippen molar-refractivity contribution in [2.24, 2.45) is 10.7 Å². The van der Waals surface area contributed by atoms with E-state index in [1.54, 1.807) is 0 Å². The van der Waals surface area contributed by atoms with E-state index in [2.05, 4.69) is 28.9 Å². The van der Waals surface area contributed by atoms with Gasteiger partial charge in [-0.1, -0.05) is 18.2 Å². The van der Waals surface area contributed by atoms with Crippen molar-refractivity contribution in [3.05, 3.63) is 42.2 Å². The molecule has 1 aromatic rings. The van der Waals surface area contributed by atoms with Crippen LogP contribution < -0.4 is 10.6 Å². The molecule has 1 heterocycles. The zero-order chi connectivity index (χ0) is 13.1. The maximum atomic E-state index is 6.07. The lowest BCUT2D eigenvalue weighted by molar-refractivity contribution is 0.422. The van der Waals surface area contributed by atoms with E-state index < -0.39 is 0 Å². The van der Waals surface area contributed by atoms with E-state index >= 15 is 0 Å². The molecule has 0 amide bonds.